The van der Waals surface area contributed by atoms with Gasteiger partial charge in [-0.25, -0.2) is 0 Å². The Kier molecular flexibility index (Phi) is 7.30. The van der Waals surface area contributed by atoms with Gasteiger partial charge >= 0.3 is 0 Å². The summed E-state index contributed by atoms with van der Waals surface area (Å²) in [4.78, 5) is 1.31. The zero-order chi connectivity index (χ0) is 15.1. The topological polar surface area (TPSA) is 12.0 Å². The molecule has 2 aromatic rings. The average molecular weight is 429 g/mol. The second-order valence-electron chi connectivity index (χ2n) is 4.85. The normalized spacial score (nSPS) is 12.3. The van der Waals surface area contributed by atoms with Crippen molar-refractivity contribution in [2.75, 3.05) is 12.3 Å². The highest BCUT2D eigenvalue weighted by molar-refractivity contribution is 9.10. The van der Waals surface area contributed by atoms with Gasteiger partial charge in [0, 0.05) is 25.6 Å². The van der Waals surface area contributed by atoms with E-state index >= 15 is 0 Å². The second kappa shape index (κ2) is 8.99. The first-order chi connectivity index (χ1) is 10.2. The van der Waals surface area contributed by atoms with Crippen LogP contribution in [-0.2, 0) is 6.42 Å². The predicted octanol–water partition coefficient (Wildman–Crippen LogP) is 5.52. The van der Waals surface area contributed by atoms with Crippen molar-refractivity contribution in [2.45, 2.75) is 24.3 Å². The number of likely N-dealkylation sites (N-methyl/N-ethyl adjacent to an activating group) is 1. The highest BCUT2D eigenvalue weighted by Crippen LogP contribution is 2.23. The molecule has 21 heavy (non-hydrogen) atoms. The Morgan fingerprint density at radius 1 is 1.05 bits per heavy atom. The molecule has 0 radical (unpaired) electrons. The van der Waals surface area contributed by atoms with Gasteiger partial charge in [0.05, 0.1) is 0 Å². The van der Waals surface area contributed by atoms with Gasteiger partial charge in [-0.3, -0.25) is 0 Å². The summed E-state index contributed by atoms with van der Waals surface area (Å²) in [6.45, 7) is 3.17. The van der Waals surface area contributed by atoms with E-state index in [4.69, 9.17) is 0 Å². The Morgan fingerprint density at radius 2 is 1.81 bits per heavy atom. The number of benzene rings is 2. The van der Waals surface area contributed by atoms with E-state index < -0.39 is 0 Å². The van der Waals surface area contributed by atoms with E-state index in [1.54, 1.807) is 0 Å². The molecule has 0 aliphatic rings. The van der Waals surface area contributed by atoms with E-state index in [-0.39, 0.29) is 0 Å². The molecule has 1 nitrogen and oxygen atoms in total. The van der Waals surface area contributed by atoms with Gasteiger partial charge in [-0.05, 0) is 48.9 Å². The lowest BCUT2D eigenvalue weighted by Crippen LogP contribution is -2.33. The van der Waals surface area contributed by atoms with Gasteiger partial charge in [0.25, 0.3) is 0 Å². The van der Waals surface area contributed by atoms with Crippen LogP contribution in [0.5, 0.6) is 0 Å². The molecule has 4 heteroatoms. The highest BCUT2D eigenvalue weighted by Gasteiger charge is 2.09. The first-order valence-corrected chi connectivity index (χ1v) is 9.60. The van der Waals surface area contributed by atoms with Crippen LogP contribution in [0, 0.1) is 0 Å². The fraction of sp³-hybridized carbons (Fsp3) is 0.294. The molecule has 0 aliphatic heterocycles. The molecule has 0 heterocycles. The van der Waals surface area contributed by atoms with Crippen molar-refractivity contribution in [3.8, 4) is 0 Å². The summed E-state index contributed by atoms with van der Waals surface area (Å²) in [6, 6.07) is 17.6. The molecule has 0 spiro atoms. The first-order valence-electron chi connectivity index (χ1n) is 7.03. The molecule has 2 rings (SSSR count). The third-order valence-electron chi connectivity index (χ3n) is 3.14. The van der Waals surface area contributed by atoms with Gasteiger partial charge in [-0.15, -0.1) is 11.8 Å². The van der Waals surface area contributed by atoms with Gasteiger partial charge in [0.15, 0.2) is 0 Å². The lowest BCUT2D eigenvalue weighted by atomic mass is 10.1. The molecule has 1 unspecified atom stereocenters. The van der Waals surface area contributed by atoms with Crippen LogP contribution < -0.4 is 5.32 Å². The molecule has 0 aromatic heterocycles. The summed E-state index contributed by atoms with van der Waals surface area (Å²) in [5.74, 6) is 1.07. The summed E-state index contributed by atoms with van der Waals surface area (Å²) in [6.07, 6.45) is 1.06. The van der Waals surface area contributed by atoms with E-state index in [0.717, 1.165) is 27.7 Å². The summed E-state index contributed by atoms with van der Waals surface area (Å²) in [7, 11) is 0. The molecule has 2 aromatic carbocycles. The van der Waals surface area contributed by atoms with Crippen molar-refractivity contribution in [3.05, 3.63) is 63.0 Å². The van der Waals surface area contributed by atoms with Gasteiger partial charge in [0.1, 0.15) is 0 Å². The third-order valence-corrected chi connectivity index (χ3v) is 5.31. The Hall–Kier alpha value is -0.290. The van der Waals surface area contributed by atoms with E-state index in [2.05, 4.69) is 92.6 Å². The number of rotatable bonds is 7. The van der Waals surface area contributed by atoms with Crippen LogP contribution in [0.25, 0.3) is 0 Å². The minimum Gasteiger partial charge on any atom is -0.313 e. The molecule has 0 saturated heterocycles. The SMILES string of the molecule is CCNC(CSc1cccc(Br)c1)Cc1ccc(Br)cc1. The Bertz CT molecular complexity index is 557. The fourth-order valence-electron chi connectivity index (χ4n) is 2.14. The number of nitrogens with one attached hydrogen (secondary N) is 1. The maximum Gasteiger partial charge on any atom is 0.0201 e. The monoisotopic (exact) mass is 427 g/mol. The van der Waals surface area contributed by atoms with E-state index in [0.29, 0.717) is 6.04 Å². The molecule has 0 fully saturated rings. The van der Waals surface area contributed by atoms with E-state index in [1.165, 1.54) is 10.5 Å². The van der Waals surface area contributed by atoms with Gasteiger partial charge in [-0.1, -0.05) is 57.0 Å². The smallest absolute Gasteiger partial charge is 0.0201 e. The predicted molar refractivity (Wildman–Crippen MR) is 100 cm³/mol. The Labute approximate surface area is 148 Å². The van der Waals surface area contributed by atoms with Gasteiger partial charge in [-0.2, -0.15) is 0 Å². The summed E-state index contributed by atoms with van der Waals surface area (Å²) >= 11 is 8.92. The average Bonchev–Trinajstić information content (AvgIpc) is 2.47. The standard InChI is InChI=1S/C17H19Br2NS/c1-2-20-16(10-13-6-8-14(18)9-7-13)12-21-17-5-3-4-15(19)11-17/h3-9,11,16,20H,2,10,12H2,1H3. The van der Waals surface area contributed by atoms with E-state index in [9.17, 15) is 0 Å². The first kappa shape index (κ1) is 17.1. The van der Waals surface area contributed by atoms with Crippen LogP contribution in [0.3, 0.4) is 0 Å². The third kappa shape index (κ3) is 6.15. The molecule has 0 saturated carbocycles. The molecule has 0 amide bonds. The van der Waals surface area contributed by atoms with Crippen molar-refractivity contribution >= 4 is 43.6 Å². The van der Waals surface area contributed by atoms with Crippen molar-refractivity contribution < 1.29 is 0 Å². The van der Waals surface area contributed by atoms with Gasteiger partial charge in [0.2, 0.25) is 0 Å². The molecule has 1 N–H and O–H groups in total. The van der Waals surface area contributed by atoms with Crippen LogP contribution in [0.15, 0.2) is 62.4 Å². The molecule has 112 valence electrons. The van der Waals surface area contributed by atoms with Crippen LogP contribution in [0.2, 0.25) is 0 Å². The Balaban J connectivity index is 1.93. The van der Waals surface area contributed by atoms with Crippen LogP contribution in [-0.4, -0.2) is 18.3 Å². The summed E-state index contributed by atoms with van der Waals surface area (Å²) in [5.41, 5.74) is 1.37. The maximum absolute atomic E-state index is 3.59. The van der Waals surface area contributed by atoms with Crippen LogP contribution in [0.1, 0.15) is 12.5 Å². The summed E-state index contributed by atoms with van der Waals surface area (Å²) < 4.78 is 2.27. The minimum absolute atomic E-state index is 0.486. The molecular weight excluding hydrogens is 410 g/mol. The highest BCUT2D eigenvalue weighted by atomic mass is 79.9. The van der Waals surface area contributed by atoms with E-state index in [1.807, 2.05) is 11.8 Å². The fourth-order valence-corrected chi connectivity index (χ4v) is 3.97. The molecule has 0 aliphatic carbocycles. The van der Waals surface area contributed by atoms with Crippen molar-refractivity contribution in [3.63, 3.8) is 0 Å². The molecular formula is C17H19Br2NS. The van der Waals surface area contributed by atoms with Crippen LogP contribution in [0.4, 0.5) is 0 Å². The quantitative estimate of drug-likeness (QED) is 0.582. The van der Waals surface area contributed by atoms with Crippen LogP contribution >= 0.6 is 43.6 Å². The van der Waals surface area contributed by atoms with Crippen molar-refractivity contribution in [2.24, 2.45) is 0 Å². The van der Waals surface area contributed by atoms with Crippen molar-refractivity contribution in [1.29, 1.82) is 0 Å². The lowest BCUT2D eigenvalue weighted by molar-refractivity contribution is 0.572. The second-order valence-corrected chi connectivity index (χ2v) is 7.78. The zero-order valence-corrected chi connectivity index (χ0v) is 16.0. The zero-order valence-electron chi connectivity index (χ0n) is 12.0. The lowest BCUT2D eigenvalue weighted by Gasteiger charge is -2.18. The Morgan fingerprint density at radius 3 is 2.48 bits per heavy atom. The van der Waals surface area contributed by atoms with Gasteiger partial charge < -0.3 is 5.32 Å². The summed E-state index contributed by atoms with van der Waals surface area (Å²) in [5, 5.41) is 3.59. The number of hydrogen-bond acceptors (Lipinski definition) is 2. The van der Waals surface area contributed by atoms with Crippen molar-refractivity contribution in [1.82, 2.24) is 5.32 Å². The molecule has 1 atom stereocenters. The molecule has 0 bridgehead atoms. The number of halogens is 2. The largest absolute Gasteiger partial charge is 0.313 e. The number of thioether (sulfide) groups is 1. The number of hydrogen-bond donors (Lipinski definition) is 1. The maximum atomic E-state index is 3.59. The minimum atomic E-state index is 0.486.